The van der Waals surface area contributed by atoms with Crippen molar-refractivity contribution >= 4 is 22.8 Å². The first-order valence-corrected chi connectivity index (χ1v) is 11.6. The van der Waals surface area contributed by atoms with Crippen LogP contribution in [0.4, 0.5) is 0 Å². The zero-order valence-electron chi connectivity index (χ0n) is 17.8. The third-order valence-corrected chi connectivity index (χ3v) is 6.85. The van der Waals surface area contributed by atoms with Crippen LogP contribution in [-0.2, 0) is 11.3 Å². The van der Waals surface area contributed by atoms with E-state index in [9.17, 15) is 4.79 Å². The highest BCUT2D eigenvalue weighted by Gasteiger charge is 2.44. The topological polar surface area (TPSA) is 81.2 Å². The average molecular weight is 451 g/mol. The zero-order valence-corrected chi connectivity index (χ0v) is 18.6. The molecule has 0 aromatic heterocycles. The van der Waals surface area contributed by atoms with Crippen molar-refractivity contribution in [3.05, 3.63) is 78.1 Å². The lowest BCUT2D eigenvalue weighted by atomic mass is 10.00. The normalized spacial score (nSPS) is 23.3. The number of hydrazone groups is 1. The van der Waals surface area contributed by atoms with Crippen molar-refractivity contribution in [2.24, 2.45) is 5.10 Å². The molecule has 9 heteroatoms. The molecule has 3 atom stereocenters. The molecular weight excluding hydrogens is 424 g/mol. The van der Waals surface area contributed by atoms with Crippen LogP contribution in [0.15, 0.2) is 72.1 Å². The summed E-state index contributed by atoms with van der Waals surface area (Å²) < 4.78 is 5.16. The van der Waals surface area contributed by atoms with Gasteiger partial charge >= 0.3 is 0 Å². The van der Waals surface area contributed by atoms with E-state index in [0.29, 0.717) is 12.3 Å². The molecule has 5 rings (SSSR count). The smallest absolute Gasteiger partial charge is 0.230 e. The number of amidine groups is 1. The maximum absolute atomic E-state index is 12.4. The first kappa shape index (κ1) is 20.7. The molecule has 0 radical (unpaired) electrons. The van der Waals surface area contributed by atoms with E-state index in [4.69, 9.17) is 4.74 Å². The molecular formula is C23H26N6O2S. The summed E-state index contributed by atoms with van der Waals surface area (Å²) in [5, 5.41) is 10.4. The molecule has 0 saturated carbocycles. The summed E-state index contributed by atoms with van der Waals surface area (Å²) in [6, 6.07) is 18.7. The molecule has 0 bridgehead atoms. The maximum atomic E-state index is 12.4. The van der Waals surface area contributed by atoms with Crippen LogP contribution >= 0.6 is 11.8 Å². The molecule has 8 nitrogen and oxygen atoms in total. The van der Waals surface area contributed by atoms with E-state index in [1.807, 2.05) is 36.5 Å². The van der Waals surface area contributed by atoms with Gasteiger partial charge in [0.25, 0.3) is 0 Å². The van der Waals surface area contributed by atoms with E-state index in [2.05, 4.69) is 61.6 Å². The van der Waals surface area contributed by atoms with E-state index in [0.717, 1.165) is 22.9 Å². The zero-order chi connectivity index (χ0) is 21.9. The molecule has 166 valence electrons. The molecule has 0 aliphatic carbocycles. The van der Waals surface area contributed by atoms with Crippen molar-refractivity contribution in [2.75, 3.05) is 12.9 Å². The summed E-state index contributed by atoms with van der Waals surface area (Å²) in [6.07, 6.45) is 5.09. The van der Waals surface area contributed by atoms with Crippen molar-refractivity contribution < 1.29 is 9.53 Å². The lowest BCUT2D eigenvalue weighted by Gasteiger charge is -2.36. The van der Waals surface area contributed by atoms with Crippen LogP contribution in [0, 0.1) is 0 Å². The highest BCUT2D eigenvalue weighted by Crippen LogP contribution is 2.34. The number of carbonyl (C=O) groups is 1. The van der Waals surface area contributed by atoms with Crippen LogP contribution in [0.2, 0.25) is 0 Å². The third kappa shape index (κ3) is 4.26. The van der Waals surface area contributed by atoms with Crippen molar-refractivity contribution in [3.8, 4) is 5.75 Å². The van der Waals surface area contributed by atoms with Gasteiger partial charge in [-0.25, -0.2) is 5.43 Å². The number of rotatable bonds is 6. The van der Waals surface area contributed by atoms with Crippen molar-refractivity contribution in [2.45, 2.75) is 31.2 Å². The number of nitrogens with one attached hydrogen (secondary N) is 3. The van der Waals surface area contributed by atoms with E-state index in [1.165, 1.54) is 17.3 Å². The van der Waals surface area contributed by atoms with Crippen molar-refractivity contribution in [1.29, 1.82) is 0 Å². The van der Waals surface area contributed by atoms with Gasteiger partial charge in [-0.3, -0.25) is 10.2 Å². The van der Waals surface area contributed by atoms with E-state index >= 15 is 0 Å². The van der Waals surface area contributed by atoms with Gasteiger partial charge in [-0.15, -0.1) is 0 Å². The van der Waals surface area contributed by atoms with Gasteiger partial charge in [0.05, 0.1) is 24.9 Å². The first-order chi connectivity index (χ1) is 15.7. The Bertz CT molecular complexity index is 1010. The minimum atomic E-state index is -0.0220. The van der Waals surface area contributed by atoms with Crippen LogP contribution in [0.1, 0.15) is 23.6 Å². The summed E-state index contributed by atoms with van der Waals surface area (Å²) >= 11 is 1.44. The molecule has 1 saturated heterocycles. The number of benzene rings is 2. The molecule has 2 aromatic carbocycles. The number of nitrogens with zero attached hydrogens (tertiary/aromatic N) is 3. The Kier molecular flexibility index (Phi) is 5.91. The average Bonchev–Trinajstić information content (AvgIpc) is 3.46. The highest BCUT2D eigenvalue weighted by atomic mass is 32.2. The number of hydrogen-bond acceptors (Lipinski definition) is 8. The lowest BCUT2D eigenvalue weighted by Crippen LogP contribution is -2.54. The van der Waals surface area contributed by atoms with Gasteiger partial charge < -0.3 is 20.0 Å². The maximum Gasteiger partial charge on any atom is 0.230 e. The molecule has 1 fully saturated rings. The number of hydrogen-bond donors (Lipinski definition) is 3. The summed E-state index contributed by atoms with van der Waals surface area (Å²) in [5.41, 5.74) is 9.15. The second-order valence-corrected chi connectivity index (χ2v) is 8.83. The van der Waals surface area contributed by atoms with Crippen LogP contribution in [-0.4, -0.2) is 46.1 Å². The van der Waals surface area contributed by atoms with E-state index < -0.39 is 0 Å². The van der Waals surface area contributed by atoms with Gasteiger partial charge in [-0.2, -0.15) is 5.10 Å². The van der Waals surface area contributed by atoms with Gasteiger partial charge in [0.15, 0.2) is 5.17 Å². The summed E-state index contributed by atoms with van der Waals surface area (Å²) in [4.78, 5) is 14.5. The van der Waals surface area contributed by atoms with Gasteiger partial charge in [0.1, 0.15) is 11.9 Å². The molecule has 3 unspecified atom stereocenters. The molecule has 2 aromatic rings. The number of thioether (sulfide) groups is 1. The van der Waals surface area contributed by atoms with Gasteiger partial charge in [0, 0.05) is 18.9 Å². The number of carbonyl (C=O) groups excluding carboxylic acids is 1. The number of methoxy groups -OCH3 is 1. The minimum absolute atomic E-state index is 0.0220. The number of ether oxygens (including phenoxy) is 1. The highest BCUT2D eigenvalue weighted by molar-refractivity contribution is 8.14. The molecule has 32 heavy (non-hydrogen) atoms. The van der Waals surface area contributed by atoms with E-state index in [-0.39, 0.29) is 24.2 Å². The third-order valence-electron chi connectivity index (χ3n) is 5.89. The Balaban J connectivity index is 1.12. The fraction of sp³-hybridized carbons (Fsp3) is 0.304. The first-order valence-electron chi connectivity index (χ1n) is 10.6. The predicted octanol–water partition coefficient (Wildman–Crippen LogP) is 2.35. The standard InChI is InChI=1S/C23H26N6O2S/c1-31-18-9-7-16(8-10-18)14-24-21(30)15-32-23-26-25-22-20-13-19(17-5-3-2-4-6-17)27-29(20)12-11-28(22)23/h2-12,19-20,22,25,27H,13-15H2,1H3,(H,24,30). The second-order valence-electron chi connectivity index (χ2n) is 7.89. The van der Waals surface area contributed by atoms with Crippen molar-refractivity contribution in [3.63, 3.8) is 0 Å². The van der Waals surface area contributed by atoms with Crippen molar-refractivity contribution in [1.82, 2.24) is 26.1 Å². The van der Waals surface area contributed by atoms with E-state index in [1.54, 1.807) is 7.11 Å². The summed E-state index contributed by atoms with van der Waals surface area (Å²) in [7, 11) is 1.64. The van der Waals surface area contributed by atoms with Gasteiger partial charge in [-0.05, 0) is 29.7 Å². The largest absolute Gasteiger partial charge is 0.497 e. The summed E-state index contributed by atoms with van der Waals surface area (Å²) in [6.45, 7) is 0.490. The van der Waals surface area contributed by atoms with Crippen LogP contribution < -0.4 is 20.9 Å². The molecule has 3 aliphatic heterocycles. The number of amides is 1. The quantitative estimate of drug-likeness (QED) is 0.623. The molecule has 3 heterocycles. The molecule has 3 N–H and O–H groups in total. The fourth-order valence-electron chi connectivity index (χ4n) is 4.18. The van der Waals surface area contributed by atoms with Crippen LogP contribution in [0.25, 0.3) is 0 Å². The van der Waals surface area contributed by atoms with Gasteiger partial charge in [0.2, 0.25) is 5.91 Å². The molecule has 3 aliphatic rings. The Morgan fingerprint density at radius 3 is 2.78 bits per heavy atom. The Labute approximate surface area is 191 Å². The minimum Gasteiger partial charge on any atom is -0.497 e. The van der Waals surface area contributed by atoms with Crippen LogP contribution in [0.5, 0.6) is 5.75 Å². The number of hydrazine groups is 1. The number of fused-ring (bicyclic) bond motifs is 3. The fourth-order valence-corrected chi connectivity index (χ4v) is 4.98. The molecule has 0 spiro atoms. The predicted molar refractivity (Wildman–Crippen MR) is 125 cm³/mol. The Hall–Kier alpha value is -3.17. The Morgan fingerprint density at radius 1 is 1.19 bits per heavy atom. The SMILES string of the molecule is COc1ccc(CNC(=O)CSC2=NNC3C4CC(c5ccccc5)NN4C=CN23)cc1. The van der Waals surface area contributed by atoms with Crippen LogP contribution in [0.3, 0.4) is 0 Å². The van der Waals surface area contributed by atoms with Gasteiger partial charge in [-0.1, -0.05) is 54.2 Å². The molecule has 1 amide bonds. The Morgan fingerprint density at radius 2 is 2.00 bits per heavy atom. The lowest BCUT2D eigenvalue weighted by molar-refractivity contribution is -0.118. The summed E-state index contributed by atoms with van der Waals surface area (Å²) in [5.74, 6) is 1.09. The monoisotopic (exact) mass is 450 g/mol. The second kappa shape index (κ2) is 9.13.